The molecule has 1 saturated heterocycles. The maximum atomic E-state index is 10.5. The van der Waals surface area contributed by atoms with Gasteiger partial charge in [0.1, 0.15) is 18.3 Å². The number of nitro groups is 1. The molecule has 0 aromatic heterocycles. The zero-order chi connectivity index (χ0) is 16.1. The predicted octanol–water partition coefficient (Wildman–Crippen LogP) is -0.247. The molecule has 1 aliphatic rings. The highest BCUT2D eigenvalue weighted by atomic mass is 16.6. The molecule has 22 heavy (non-hydrogen) atoms. The lowest BCUT2D eigenvalue weighted by Gasteiger charge is -2.35. The van der Waals surface area contributed by atoms with Gasteiger partial charge in [-0.3, -0.25) is 10.1 Å². The van der Waals surface area contributed by atoms with Crippen molar-refractivity contribution in [1.82, 2.24) is 0 Å². The number of nitrogens with zero attached hydrogens (tertiary/aromatic N) is 2. The lowest BCUT2D eigenvalue weighted by atomic mass is 10.0. The predicted molar refractivity (Wildman–Crippen MR) is 75.0 cm³/mol. The number of aliphatic hydroxyl groups is 3. The van der Waals surface area contributed by atoms with Crippen LogP contribution in [0.1, 0.15) is 0 Å². The van der Waals surface area contributed by atoms with Crippen molar-refractivity contribution >= 4 is 17.8 Å². The number of nitro benzene ring substituents is 1. The molecular weight excluding hydrogens is 296 g/mol. The maximum absolute atomic E-state index is 10.5. The minimum atomic E-state index is -1.25. The highest BCUT2D eigenvalue weighted by Crippen LogP contribution is 2.19. The van der Waals surface area contributed by atoms with Crippen molar-refractivity contribution in [1.29, 1.82) is 0 Å². The molecule has 9 nitrogen and oxygen atoms in total. The number of ether oxygens (including phenoxy) is 2. The van der Waals surface area contributed by atoms with E-state index in [1.54, 1.807) is 0 Å². The Balaban J connectivity index is 1.91. The smallest absolute Gasteiger partial charge is 0.269 e. The van der Waals surface area contributed by atoms with E-state index in [0.29, 0.717) is 5.69 Å². The molecule has 1 heterocycles. The number of aliphatic hydroxyl groups excluding tert-OH is 3. The van der Waals surface area contributed by atoms with Gasteiger partial charge in [-0.15, -0.1) is 0 Å². The van der Waals surface area contributed by atoms with Gasteiger partial charge in [0.2, 0.25) is 0 Å². The third kappa shape index (κ3) is 3.77. The van der Waals surface area contributed by atoms with Gasteiger partial charge in [0.15, 0.2) is 12.5 Å². The van der Waals surface area contributed by atoms with Gasteiger partial charge in [-0.25, -0.2) is 4.99 Å². The van der Waals surface area contributed by atoms with Crippen molar-refractivity contribution in [2.45, 2.75) is 24.4 Å². The van der Waals surface area contributed by atoms with Crippen LogP contribution in [-0.4, -0.2) is 64.3 Å². The average Bonchev–Trinajstić information content (AvgIpc) is 2.52. The van der Waals surface area contributed by atoms with Gasteiger partial charge in [0.05, 0.1) is 23.8 Å². The maximum Gasteiger partial charge on any atom is 0.269 e. The second-order valence-electron chi connectivity index (χ2n) is 4.72. The Bertz CT molecular complexity index is 534. The van der Waals surface area contributed by atoms with Gasteiger partial charge < -0.3 is 24.8 Å². The lowest BCUT2D eigenvalue weighted by molar-refractivity contribution is -0.384. The molecule has 0 saturated carbocycles. The van der Waals surface area contributed by atoms with Crippen LogP contribution in [0.25, 0.3) is 0 Å². The molecule has 1 aliphatic heterocycles. The summed E-state index contributed by atoms with van der Waals surface area (Å²) in [7, 11) is 0. The Morgan fingerprint density at radius 2 is 2.05 bits per heavy atom. The van der Waals surface area contributed by atoms with Crippen LogP contribution in [-0.2, 0) is 9.47 Å². The summed E-state index contributed by atoms with van der Waals surface area (Å²) in [5.41, 5.74) is 0.389. The summed E-state index contributed by atoms with van der Waals surface area (Å²) in [5.74, 6) is 0. The van der Waals surface area contributed by atoms with Crippen molar-refractivity contribution in [3.63, 3.8) is 0 Å². The van der Waals surface area contributed by atoms with Gasteiger partial charge >= 0.3 is 0 Å². The number of rotatable bonds is 5. The number of aliphatic imine (C=N–C) groups is 1. The largest absolute Gasteiger partial charge is 0.475 e. The minimum Gasteiger partial charge on any atom is -0.475 e. The summed E-state index contributed by atoms with van der Waals surface area (Å²) in [6.07, 6.45) is -3.06. The first-order chi connectivity index (χ1) is 10.5. The average molecular weight is 312 g/mol. The van der Waals surface area contributed by atoms with Crippen LogP contribution >= 0.6 is 0 Å². The summed E-state index contributed by atoms with van der Waals surface area (Å²) in [6, 6.07) is 5.51. The van der Waals surface area contributed by atoms with Crippen LogP contribution in [0.2, 0.25) is 0 Å². The highest BCUT2D eigenvalue weighted by Gasteiger charge is 2.38. The first kappa shape index (κ1) is 16.3. The second-order valence-corrected chi connectivity index (χ2v) is 4.72. The highest BCUT2D eigenvalue weighted by molar-refractivity contribution is 5.57. The summed E-state index contributed by atoms with van der Waals surface area (Å²) in [6.45, 7) is -0.405. The zero-order valence-corrected chi connectivity index (χ0v) is 11.5. The molecule has 120 valence electrons. The van der Waals surface area contributed by atoms with E-state index in [4.69, 9.17) is 14.6 Å². The normalized spacial score (nSPS) is 28.7. The summed E-state index contributed by atoms with van der Waals surface area (Å²) in [5, 5.41) is 39.0. The van der Waals surface area contributed by atoms with Crippen LogP contribution in [0.5, 0.6) is 0 Å². The van der Waals surface area contributed by atoms with Gasteiger partial charge in [0, 0.05) is 12.1 Å². The van der Waals surface area contributed by atoms with E-state index in [0.717, 1.165) is 6.40 Å². The van der Waals surface area contributed by atoms with Gasteiger partial charge in [0.25, 0.3) is 5.69 Å². The Kier molecular flexibility index (Phi) is 5.39. The van der Waals surface area contributed by atoms with Crippen LogP contribution < -0.4 is 0 Å². The molecule has 0 aliphatic carbocycles. The third-order valence-corrected chi connectivity index (χ3v) is 3.26. The van der Waals surface area contributed by atoms with Crippen molar-refractivity contribution in [2.24, 2.45) is 4.99 Å². The number of hydrogen-bond acceptors (Lipinski definition) is 8. The van der Waals surface area contributed by atoms with Crippen molar-refractivity contribution in [3.8, 4) is 0 Å². The molecule has 0 radical (unpaired) electrons. The first-order valence-corrected chi connectivity index (χ1v) is 6.54. The summed E-state index contributed by atoms with van der Waals surface area (Å²) < 4.78 is 10.3. The fourth-order valence-electron chi connectivity index (χ4n) is 1.97. The summed E-state index contributed by atoms with van der Waals surface area (Å²) >= 11 is 0. The fourth-order valence-corrected chi connectivity index (χ4v) is 1.97. The van der Waals surface area contributed by atoms with Crippen LogP contribution in [0, 0.1) is 10.1 Å². The van der Waals surface area contributed by atoms with E-state index in [1.165, 1.54) is 24.3 Å². The molecule has 3 N–H and O–H groups in total. The standard InChI is InChI=1S/C13H16N2O7/c16-5-10-12(17)13(18)11(6-21-10)22-7-14-8-1-3-9(4-2-8)15(19)20/h1-4,7,10-13,16-18H,5-6H2. The topological polar surface area (TPSA) is 135 Å². The van der Waals surface area contributed by atoms with E-state index in [2.05, 4.69) is 4.99 Å². The van der Waals surface area contributed by atoms with Crippen molar-refractivity contribution in [2.75, 3.05) is 13.2 Å². The second kappa shape index (κ2) is 7.27. The molecule has 0 bridgehead atoms. The van der Waals surface area contributed by atoms with E-state index in [9.17, 15) is 20.3 Å². The first-order valence-electron chi connectivity index (χ1n) is 6.54. The molecule has 1 fully saturated rings. The van der Waals surface area contributed by atoms with Gasteiger partial charge in [-0.2, -0.15) is 0 Å². The van der Waals surface area contributed by atoms with Gasteiger partial charge in [-0.05, 0) is 12.1 Å². The van der Waals surface area contributed by atoms with Crippen molar-refractivity contribution < 1.29 is 29.7 Å². The Labute approximate surface area is 125 Å². The van der Waals surface area contributed by atoms with Crippen LogP contribution in [0.4, 0.5) is 11.4 Å². The zero-order valence-electron chi connectivity index (χ0n) is 11.5. The minimum absolute atomic E-state index is 0.00423. The fraction of sp³-hybridized carbons (Fsp3) is 0.462. The summed E-state index contributed by atoms with van der Waals surface area (Å²) in [4.78, 5) is 13.9. The van der Waals surface area contributed by atoms with E-state index < -0.39 is 35.9 Å². The SMILES string of the molecule is O=[N+]([O-])c1ccc(N=COC2COC(CO)C(O)C2O)cc1. The molecule has 9 heteroatoms. The van der Waals surface area contributed by atoms with E-state index >= 15 is 0 Å². The van der Waals surface area contributed by atoms with Crippen LogP contribution in [0.15, 0.2) is 29.3 Å². The Morgan fingerprint density at radius 3 is 2.64 bits per heavy atom. The van der Waals surface area contributed by atoms with Crippen molar-refractivity contribution in [3.05, 3.63) is 34.4 Å². The number of hydrogen-bond donors (Lipinski definition) is 3. The molecule has 2 rings (SSSR count). The van der Waals surface area contributed by atoms with Gasteiger partial charge in [-0.1, -0.05) is 0 Å². The lowest BCUT2D eigenvalue weighted by Crippen LogP contribution is -2.54. The molecule has 0 amide bonds. The van der Waals surface area contributed by atoms with E-state index in [1.807, 2.05) is 0 Å². The molecule has 4 atom stereocenters. The molecule has 4 unspecified atom stereocenters. The molecule has 1 aromatic carbocycles. The third-order valence-electron chi connectivity index (χ3n) is 3.26. The number of benzene rings is 1. The van der Waals surface area contributed by atoms with Crippen LogP contribution in [0.3, 0.4) is 0 Å². The monoisotopic (exact) mass is 312 g/mol. The molecular formula is C13H16N2O7. The molecule has 1 aromatic rings. The number of non-ortho nitro benzene ring substituents is 1. The molecule has 0 spiro atoms. The van der Waals surface area contributed by atoms with E-state index in [-0.39, 0.29) is 12.3 Å². The Morgan fingerprint density at radius 1 is 1.36 bits per heavy atom. The Hall–Kier alpha value is -2.07. The quantitative estimate of drug-likeness (QED) is 0.295.